The minimum absolute atomic E-state index is 0.0226. The third kappa shape index (κ3) is 3.82. The zero-order valence-electron chi connectivity index (χ0n) is 10.5. The van der Waals surface area contributed by atoms with Gasteiger partial charge in [0.2, 0.25) is 5.91 Å². The molecule has 0 bridgehead atoms. The number of rotatable bonds is 7. The van der Waals surface area contributed by atoms with Gasteiger partial charge >= 0.3 is 0 Å². The number of carbonyl (C=O) groups excluding carboxylic acids is 1. The highest BCUT2D eigenvalue weighted by molar-refractivity contribution is 5.88. The molecule has 1 aliphatic rings. The van der Waals surface area contributed by atoms with Crippen LogP contribution in [0, 0.1) is 0 Å². The third-order valence-electron chi connectivity index (χ3n) is 3.10. The Hall–Kier alpha value is -1.39. The van der Waals surface area contributed by atoms with E-state index in [1.54, 1.807) is 0 Å². The molecule has 4 nitrogen and oxygen atoms in total. The molecule has 18 heavy (non-hydrogen) atoms. The highest BCUT2D eigenvalue weighted by atomic mass is 16.5. The van der Waals surface area contributed by atoms with Crippen LogP contribution in [0.15, 0.2) is 30.3 Å². The monoisotopic (exact) mass is 248 g/mol. The summed E-state index contributed by atoms with van der Waals surface area (Å²) >= 11 is 0. The van der Waals surface area contributed by atoms with Crippen LogP contribution >= 0.6 is 0 Å². The molecule has 1 fully saturated rings. The molecule has 1 aliphatic carbocycles. The summed E-state index contributed by atoms with van der Waals surface area (Å²) in [5.41, 5.74) is 6.37. The molecule has 0 unspecified atom stereocenters. The van der Waals surface area contributed by atoms with E-state index in [2.05, 4.69) is 5.32 Å². The number of hydrogen-bond acceptors (Lipinski definition) is 3. The van der Waals surface area contributed by atoms with Crippen molar-refractivity contribution in [3.8, 4) is 0 Å². The van der Waals surface area contributed by atoms with Gasteiger partial charge in [-0.3, -0.25) is 4.79 Å². The standard InChI is InChI=1S/C14H20N2O2/c15-14(7-8-14)13(17)16-9-4-10-18-11-12-5-2-1-3-6-12/h1-3,5-6H,4,7-11,15H2,(H,16,17). The van der Waals surface area contributed by atoms with Crippen LogP contribution in [0.1, 0.15) is 24.8 Å². The lowest BCUT2D eigenvalue weighted by Crippen LogP contribution is -2.43. The summed E-state index contributed by atoms with van der Waals surface area (Å²) in [7, 11) is 0. The number of benzene rings is 1. The number of carbonyl (C=O) groups is 1. The van der Waals surface area contributed by atoms with E-state index in [1.165, 1.54) is 5.56 Å². The van der Waals surface area contributed by atoms with Crippen LogP contribution < -0.4 is 11.1 Å². The van der Waals surface area contributed by atoms with Crippen LogP contribution in [-0.4, -0.2) is 24.6 Å². The van der Waals surface area contributed by atoms with Crippen molar-refractivity contribution < 1.29 is 9.53 Å². The van der Waals surface area contributed by atoms with Gasteiger partial charge in [0.1, 0.15) is 0 Å². The summed E-state index contributed by atoms with van der Waals surface area (Å²) in [4.78, 5) is 11.5. The van der Waals surface area contributed by atoms with E-state index in [0.29, 0.717) is 19.8 Å². The lowest BCUT2D eigenvalue weighted by molar-refractivity contribution is -0.123. The van der Waals surface area contributed by atoms with Gasteiger partial charge in [0.05, 0.1) is 12.1 Å². The molecule has 0 atom stereocenters. The molecule has 0 saturated heterocycles. The minimum Gasteiger partial charge on any atom is -0.377 e. The van der Waals surface area contributed by atoms with E-state index < -0.39 is 5.54 Å². The van der Waals surface area contributed by atoms with Gasteiger partial charge in [-0.25, -0.2) is 0 Å². The molecular weight excluding hydrogens is 228 g/mol. The molecule has 1 amide bonds. The van der Waals surface area contributed by atoms with Crippen molar-refractivity contribution in [2.24, 2.45) is 5.73 Å². The van der Waals surface area contributed by atoms with Crippen LogP contribution in [0.4, 0.5) is 0 Å². The van der Waals surface area contributed by atoms with Crippen LogP contribution in [0.2, 0.25) is 0 Å². The van der Waals surface area contributed by atoms with Crippen molar-refractivity contribution in [1.29, 1.82) is 0 Å². The van der Waals surface area contributed by atoms with Crippen molar-refractivity contribution in [2.45, 2.75) is 31.4 Å². The zero-order valence-corrected chi connectivity index (χ0v) is 10.5. The van der Waals surface area contributed by atoms with Crippen molar-refractivity contribution in [3.63, 3.8) is 0 Å². The molecule has 1 aromatic rings. The Morgan fingerprint density at radius 1 is 1.33 bits per heavy atom. The predicted octanol–water partition coefficient (Wildman–Crippen LogP) is 1.20. The normalized spacial score (nSPS) is 16.3. The number of nitrogens with two attached hydrogens (primary N) is 1. The first-order valence-electron chi connectivity index (χ1n) is 6.40. The second-order valence-corrected chi connectivity index (χ2v) is 4.80. The molecule has 0 heterocycles. The average Bonchev–Trinajstić information content (AvgIpc) is 3.14. The van der Waals surface area contributed by atoms with E-state index in [9.17, 15) is 4.79 Å². The van der Waals surface area contributed by atoms with Gasteiger partial charge in [-0.1, -0.05) is 30.3 Å². The first kappa shape index (κ1) is 13.1. The number of nitrogens with one attached hydrogen (secondary N) is 1. The lowest BCUT2D eigenvalue weighted by atomic mass is 10.2. The topological polar surface area (TPSA) is 64.4 Å². The van der Waals surface area contributed by atoms with E-state index in [-0.39, 0.29) is 5.91 Å². The number of hydrogen-bond donors (Lipinski definition) is 2. The summed E-state index contributed by atoms with van der Waals surface area (Å²) in [5.74, 6) is -0.0226. The van der Waals surface area contributed by atoms with Gasteiger partial charge < -0.3 is 15.8 Å². The van der Waals surface area contributed by atoms with E-state index in [1.807, 2.05) is 30.3 Å². The van der Waals surface area contributed by atoms with E-state index >= 15 is 0 Å². The van der Waals surface area contributed by atoms with Crippen molar-refractivity contribution in [2.75, 3.05) is 13.2 Å². The third-order valence-corrected chi connectivity index (χ3v) is 3.10. The first-order valence-corrected chi connectivity index (χ1v) is 6.40. The molecule has 3 N–H and O–H groups in total. The summed E-state index contributed by atoms with van der Waals surface area (Å²) in [6, 6.07) is 10.0. The van der Waals surface area contributed by atoms with Crippen LogP contribution in [-0.2, 0) is 16.1 Å². The van der Waals surface area contributed by atoms with E-state index in [0.717, 1.165) is 19.3 Å². The fraction of sp³-hybridized carbons (Fsp3) is 0.500. The maximum Gasteiger partial charge on any atom is 0.240 e. The van der Waals surface area contributed by atoms with Crippen molar-refractivity contribution in [3.05, 3.63) is 35.9 Å². The van der Waals surface area contributed by atoms with Crippen LogP contribution in [0.5, 0.6) is 0 Å². The highest BCUT2D eigenvalue weighted by Crippen LogP contribution is 2.31. The van der Waals surface area contributed by atoms with Gasteiger partial charge in [0.15, 0.2) is 0 Å². The fourth-order valence-electron chi connectivity index (χ4n) is 1.68. The van der Waals surface area contributed by atoms with E-state index in [4.69, 9.17) is 10.5 Å². The molecule has 0 aliphatic heterocycles. The molecule has 0 aromatic heterocycles. The Kier molecular flexibility index (Phi) is 4.33. The Balaban J connectivity index is 1.50. The number of amides is 1. The fourth-order valence-corrected chi connectivity index (χ4v) is 1.68. The molecule has 0 spiro atoms. The molecule has 0 radical (unpaired) electrons. The first-order chi connectivity index (χ1) is 8.71. The van der Waals surface area contributed by atoms with Gasteiger partial charge in [-0.05, 0) is 24.8 Å². The molecule has 98 valence electrons. The Labute approximate surface area is 108 Å². The second kappa shape index (κ2) is 5.98. The van der Waals surface area contributed by atoms with Gasteiger partial charge in [-0.2, -0.15) is 0 Å². The maximum absolute atomic E-state index is 11.5. The predicted molar refractivity (Wildman–Crippen MR) is 69.9 cm³/mol. The molecular formula is C14H20N2O2. The van der Waals surface area contributed by atoms with Gasteiger partial charge in [0, 0.05) is 13.2 Å². The quantitative estimate of drug-likeness (QED) is 0.713. The zero-order chi connectivity index (χ0) is 12.8. The number of ether oxygens (including phenoxy) is 1. The Morgan fingerprint density at radius 3 is 2.72 bits per heavy atom. The largest absolute Gasteiger partial charge is 0.377 e. The Bertz CT molecular complexity index is 388. The van der Waals surface area contributed by atoms with Crippen molar-refractivity contribution >= 4 is 5.91 Å². The molecule has 1 aromatic carbocycles. The summed E-state index contributed by atoms with van der Waals surface area (Å²) in [6.45, 7) is 1.90. The molecule has 4 heteroatoms. The molecule has 2 rings (SSSR count). The summed E-state index contributed by atoms with van der Waals surface area (Å²) < 4.78 is 5.52. The Morgan fingerprint density at radius 2 is 2.06 bits per heavy atom. The highest BCUT2D eigenvalue weighted by Gasteiger charge is 2.45. The van der Waals surface area contributed by atoms with Crippen LogP contribution in [0.25, 0.3) is 0 Å². The smallest absolute Gasteiger partial charge is 0.240 e. The maximum atomic E-state index is 11.5. The van der Waals surface area contributed by atoms with Gasteiger partial charge in [0.25, 0.3) is 0 Å². The average molecular weight is 248 g/mol. The second-order valence-electron chi connectivity index (χ2n) is 4.80. The SMILES string of the molecule is NC1(C(=O)NCCCOCc2ccccc2)CC1. The van der Waals surface area contributed by atoms with Gasteiger partial charge in [-0.15, -0.1) is 0 Å². The summed E-state index contributed by atoms with van der Waals surface area (Å²) in [6.07, 6.45) is 2.43. The molecule has 1 saturated carbocycles. The van der Waals surface area contributed by atoms with Crippen molar-refractivity contribution in [1.82, 2.24) is 5.32 Å². The lowest BCUT2D eigenvalue weighted by Gasteiger charge is -2.10. The minimum atomic E-state index is -0.565. The van der Waals surface area contributed by atoms with Crippen LogP contribution in [0.3, 0.4) is 0 Å². The summed E-state index contributed by atoms with van der Waals surface area (Å²) in [5, 5.41) is 2.84.